The molecule has 0 unspecified atom stereocenters. The van der Waals surface area contributed by atoms with Crippen molar-refractivity contribution < 1.29 is 18.7 Å². The number of amides is 1. The molecule has 2 aromatic carbocycles. The van der Waals surface area contributed by atoms with E-state index < -0.39 is 0 Å². The van der Waals surface area contributed by atoms with Gasteiger partial charge in [0, 0.05) is 13.2 Å². The van der Waals surface area contributed by atoms with E-state index in [1.54, 1.807) is 16.8 Å². The Bertz CT molecular complexity index is 1090. The van der Waals surface area contributed by atoms with E-state index >= 15 is 0 Å². The van der Waals surface area contributed by atoms with Crippen LogP contribution >= 0.6 is 0 Å². The second-order valence-electron chi connectivity index (χ2n) is 8.08. The predicted octanol–water partition coefficient (Wildman–Crippen LogP) is 4.81. The van der Waals surface area contributed by atoms with Crippen molar-refractivity contribution in [2.45, 2.75) is 45.7 Å². The zero-order chi connectivity index (χ0) is 22.7. The molecule has 0 radical (unpaired) electrons. The first-order valence-corrected chi connectivity index (χ1v) is 10.9. The maximum absolute atomic E-state index is 13.6. The molecule has 0 spiro atoms. The molecule has 1 aliphatic carbocycles. The molecular formula is C25H28FN3O3. The highest BCUT2D eigenvalue weighted by Gasteiger charge is 2.34. The third kappa shape index (κ3) is 4.83. The fourth-order valence-corrected chi connectivity index (χ4v) is 3.76. The van der Waals surface area contributed by atoms with Crippen LogP contribution in [0.4, 0.5) is 4.39 Å². The number of methoxy groups -OCH3 is 1. The highest BCUT2D eigenvalue weighted by atomic mass is 19.1. The molecule has 168 valence electrons. The van der Waals surface area contributed by atoms with Crippen LogP contribution in [0.25, 0.3) is 5.69 Å². The average Bonchev–Trinajstić information content (AvgIpc) is 3.56. The molecule has 3 aromatic rings. The maximum atomic E-state index is 13.6. The molecule has 1 saturated carbocycles. The summed E-state index contributed by atoms with van der Waals surface area (Å²) in [4.78, 5) is 14.6. The number of halogens is 1. The van der Waals surface area contributed by atoms with E-state index in [1.165, 1.54) is 19.2 Å². The van der Waals surface area contributed by atoms with E-state index in [0.717, 1.165) is 29.7 Å². The van der Waals surface area contributed by atoms with Crippen LogP contribution in [-0.2, 0) is 22.5 Å². The van der Waals surface area contributed by atoms with E-state index in [4.69, 9.17) is 14.6 Å². The Morgan fingerprint density at radius 3 is 2.59 bits per heavy atom. The Labute approximate surface area is 187 Å². The zero-order valence-corrected chi connectivity index (χ0v) is 18.7. The van der Waals surface area contributed by atoms with Crippen LogP contribution in [0.5, 0.6) is 11.6 Å². The average molecular weight is 438 g/mol. The van der Waals surface area contributed by atoms with Gasteiger partial charge in [0.15, 0.2) is 0 Å². The van der Waals surface area contributed by atoms with Gasteiger partial charge in [-0.25, -0.2) is 9.07 Å². The largest absolute Gasteiger partial charge is 0.439 e. The number of aromatic nitrogens is 2. The summed E-state index contributed by atoms with van der Waals surface area (Å²) in [6, 6.07) is 14.1. The molecule has 0 aliphatic heterocycles. The minimum atomic E-state index is -0.317. The molecular weight excluding hydrogens is 409 g/mol. The van der Waals surface area contributed by atoms with Gasteiger partial charge in [0.05, 0.1) is 23.5 Å². The van der Waals surface area contributed by atoms with Gasteiger partial charge in [-0.05, 0) is 68.1 Å². The van der Waals surface area contributed by atoms with Gasteiger partial charge in [0.25, 0.3) is 0 Å². The van der Waals surface area contributed by atoms with Crippen LogP contribution in [0.15, 0.2) is 48.5 Å². The van der Waals surface area contributed by atoms with Crippen molar-refractivity contribution >= 4 is 5.91 Å². The summed E-state index contributed by atoms with van der Waals surface area (Å²) < 4.78 is 26.7. The van der Waals surface area contributed by atoms with E-state index in [1.807, 2.05) is 43.0 Å². The molecule has 1 heterocycles. The molecule has 0 bridgehead atoms. The van der Waals surface area contributed by atoms with Gasteiger partial charge in [0.2, 0.25) is 11.8 Å². The van der Waals surface area contributed by atoms with Crippen molar-refractivity contribution in [1.82, 2.24) is 14.7 Å². The van der Waals surface area contributed by atoms with Gasteiger partial charge >= 0.3 is 0 Å². The first-order valence-electron chi connectivity index (χ1n) is 10.9. The quantitative estimate of drug-likeness (QED) is 0.482. The molecule has 6 nitrogen and oxygen atoms in total. The number of carbonyl (C=O) groups excluding carboxylic acids is 1. The Morgan fingerprint density at radius 2 is 1.97 bits per heavy atom. The standard InChI is InChI=1S/C25H28FN3O3/c1-4-23-22(15-28(19-12-13-19)24(30)16-31-3)25(32-21-7-5-6-17(2)14-21)29(27-23)20-10-8-18(26)9-11-20/h5-11,14,19H,4,12-13,15-16H2,1-3H3. The van der Waals surface area contributed by atoms with Crippen LogP contribution in [0.1, 0.15) is 36.6 Å². The van der Waals surface area contributed by atoms with Crippen molar-refractivity contribution in [3.05, 3.63) is 71.2 Å². The summed E-state index contributed by atoms with van der Waals surface area (Å²) in [6.45, 7) is 4.45. The highest BCUT2D eigenvalue weighted by Crippen LogP contribution is 2.35. The second kappa shape index (κ2) is 9.53. The summed E-state index contributed by atoms with van der Waals surface area (Å²) in [5.41, 5.74) is 3.46. The summed E-state index contributed by atoms with van der Waals surface area (Å²) in [5.74, 6) is 0.851. The molecule has 32 heavy (non-hydrogen) atoms. The molecule has 1 aliphatic rings. The van der Waals surface area contributed by atoms with E-state index in [0.29, 0.717) is 30.3 Å². The number of ether oxygens (including phenoxy) is 2. The minimum Gasteiger partial charge on any atom is -0.439 e. The lowest BCUT2D eigenvalue weighted by atomic mass is 10.1. The van der Waals surface area contributed by atoms with Crippen LogP contribution in [-0.4, -0.2) is 40.3 Å². The summed E-state index contributed by atoms with van der Waals surface area (Å²) in [5, 5.41) is 4.79. The number of rotatable bonds is 9. The number of hydrogen-bond donors (Lipinski definition) is 0. The molecule has 1 amide bonds. The first-order chi connectivity index (χ1) is 15.5. The first kappa shape index (κ1) is 22.0. The third-order valence-electron chi connectivity index (χ3n) is 5.53. The molecule has 1 fully saturated rings. The predicted molar refractivity (Wildman–Crippen MR) is 120 cm³/mol. The number of benzene rings is 2. The van der Waals surface area contributed by atoms with Gasteiger partial charge in [0.1, 0.15) is 18.2 Å². The van der Waals surface area contributed by atoms with Gasteiger partial charge in [-0.1, -0.05) is 19.1 Å². The van der Waals surface area contributed by atoms with Crippen LogP contribution in [0, 0.1) is 12.7 Å². The van der Waals surface area contributed by atoms with Crippen LogP contribution < -0.4 is 4.74 Å². The van der Waals surface area contributed by atoms with Gasteiger partial charge in [-0.15, -0.1) is 0 Å². The normalized spacial score (nSPS) is 13.2. The van der Waals surface area contributed by atoms with Gasteiger partial charge in [-0.2, -0.15) is 5.10 Å². The van der Waals surface area contributed by atoms with Crippen molar-refractivity contribution in [1.29, 1.82) is 0 Å². The van der Waals surface area contributed by atoms with Crippen LogP contribution in [0.3, 0.4) is 0 Å². The second-order valence-corrected chi connectivity index (χ2v) is 8.08. The van der Waals surface area contributed by atoms with Crippen molar-refractivity contribution in [2.24, 2.45) is 0 Å². The highest BCUT2D eigenvalue weighted by molar-refractivity contribution is 5.78. The topological polar surface area (TPSA) is 56.6 Å². The smallest absolute Gasteiger partial charge is 0.249 e. The van der Waals surface area contributed by atoms with Crippen molar-refractivity contribution in [2.75, 3.05) is 13.7 Å². The lowest BCUT2D eigenvalue weighted by molar-refractivity contribution is -0.136. The number of carbonyl (C=O) groups is 1. The molecule has 7 heteroatoms. The lowest BCUT2D eigenvalue weighted by Gasteiger charge is -2.23. The number of nitrogens with zero attached hydrogens (tertiary/aromatic N) is 3. The Morgan fingerprint density at radius 1 is 1.22 bits per heavy atom. The Hall–Kier alpha value is -3.19. The Kier molecular flexibility index (Phi) is 6.55. The van der Waals surface area contributed by atoms with E-state index in [-0.39, 0.29) is 24.4 Å². The minimum absolute atomic E-state index is 0.0398. The molecule has 0 N–H and O–H groups in total. The fraction of sp³-hybridized carbons (Fsp3) is 0.360. The monoisotopic (exact) mass is 437 g/mol. The molecule has 0 atom stereocenters. The lowest BCUT2D eigenvalue weighted by Crippen LogP contribution is -2.35. The molecule has 0 saturated heterocycles. The summed E-state index contributed by atoms with van der Waals surface area (Å²) >= 11 is 0. The maximum Gasteiger partial charge on any atom is 0.249 e. The van der Waals surface area contributed by atoms with Gasteiger partial charge in [-0.3, -0.25) is 4.79 Å². The number of aryl methyl sites for hydroxylation is 2. The van der Waals surface area contributed by atoms with E-state index in [9.17, 15) is 9.18 Å². The number of hydrogen-bond acceptors (Lipinski definition) is 4. The summed E-state index contributed by atoms with van der Waals surface area (Å²) in [6.07, 6.45) is 2.64. The Balaban J connectivity index is 1.79. The fourth-order valence-electron chi connectivity index (χ4n) is 3.76. The van der Waals surface area contributed by atoms with Crippen LogP contribution in [0.2, 0.25) is 0 Å². The molecule has 4 rings (SSSR count). The van der Waals surface area contributed by atoms with Gasteiger partial charge < -0.3 is 14.4 Å². The summed E-state index contributed by atoms with van der Waals surface area (Å²) in [7, 11) is 1.53. The van der Waals surface area contributed by atoms with Crippen molar-refractivity contribution in [3.63, 3.8) is 0 Å². The third-order valence-corrected chi connectivity index (χ3v) is 5.53. The SMILES string of the molecule is CCc1nn(-c2ccc(F)cc2)c(Oc2cccc(C)c2)c1CN(C(=O)COC)C1CC1. The van der Waals surface area contributed by atoms with E-state index in [2.05, 4.69) is 0 Å². The zero-order valence-electron chi connectivity index (χ0n) is 18.7. The molecule has 1 aromatic heterocycles. The van der Waals surface area contributed by atoms with Crippen molar-refractivity contribution in [3.8, 4) is 17.3 Å².